The first kappa shape index (κ1) is 29.2. The SMILES string of the molecule is CCOC(=O)CNCc1cc(C(=NOCC(=O)NCC2CCCCC2)c2cccc(Br)c2)ccc1[N+](=O)[O-]. The van der Waals surface area contributed by atoms with E-state index in [-0.39, 0.29) is 37.9 Å². The number of benzene rings is 2. The van der Waals surface area contributed by atoms with Crippen molar-refractivity contribution in [3.63, 3.8) is 0 Å². The van der Waals surface area contributed by atoms with Gasteiger partial charge in [0.2, 0.25) is 0 Å². The Morgan fingerprint density at radius 2 is 1.89 bits per heavy atom. The van der Waals surface area contributed by atoms with Crippen molar-refractivity contribution >= 4 is 39.2 Å². The number of hydrogen-bond donors (Lipinski definition) is 2. The van der Waals surface area contributed by atoms with Crippen molar-refractivity contribution < 1.29 is 24.1 Å². The number of rotatable bonds is 13. The summed E-state index contributed by atoms with van der Waals surface area (Å²) in [6.45, 7) is 2.33. The van der Waals surface area contributed by atoms with Crippen LogP contribution in [0.25, 0.3) is 0 Å². The summed E-state index contributed by atoms with van der Waals surface area (Å²) in [4.78, 5) is 40.6. The number of carbonyl (C=O) groups excluding carboxylic acids is 2. The predicted molar refractivity (Wildman–Crippen MR) is 147 cm³/mol. The lowest BCUT2D eigenvalue weighted by molar-refractivity contribution is -0.385. The standard InChI is InChI=1S/C27H33BrN4O6/c1-2-37-26(34)17-29-16-22-13-21(11-12-24(22)32(35)36)27(20-9-6-10-23(28)14-20)31-38-18-25(33)30-15-19-7-4-3-5-8-19/h6,9-14,19,29H,2-5,7-8,15-18H2,1H3,(H,30,33). The molecule has 1 aliphatic carbocycles. The molecule has 0 atom stereocenters. The molecule has 1 saturated carbocycles. The molecule has 3 rings (SSSR count). The summed E-state index contributed by atoms with van der Waals surface area (Å²) in [5, 5.41) is 21.7. The zero-order valence-electron chi connectivity index (χ0n) is 21.4. The molecule has 0 aliphatic heterocycles. The van der Waals surface area contributed by atoms with Crippen LogP contribution in [0.3, 0.4) is 0 Å². The quantitative estimate of drug-likeness (QED) is 0.152. The van der Waals surface area contributed by atoms with Gasteiger partial charge in [0.05, 0.1) is 18.1 Å². The molecule has 2 aromatic carbocycles. The van der Waals surface area contributed by atoms with E-state index in [1.54, 1.807) is 19.1 Å². The van der Waals surface area contributed by atoms with Gasteiger partial charge in [0, 0.05) is 40.3 Å². The molecule has 0 unspecified atom stereocenters. The van der Waals surface area contributed by atoms with Gasteiger partial charge in [-0.15, -0.1) is 0 Å². The van der Waals surface area contributed by atoms with Crippen LogP contribution in [0.4, 0.5) is 5.69 Å². The van der Waals surface area contributed by atoms with E-state index in [0.717, 1.165) is 17.3 Å². The maximum atomic E-state index is 12.4. The van der Waals surface area contributed by atoms with Gasteiger partial charge in [0.25, 0.3) is 11.6 Å². The van der Waals surface area contributed by atoms with Crippen LogP contribution in [-0.4, -0.2) is 48.8 Å². The molecule has 0 aromatic heterocycles. The third kappa shape index (κ3) is 9.21. The van der Waals surface area contributed by atoms with Crippen LogP contribution < -0.4 is 10.6 Å². The fourth-order valence-electron chi connectivity index (χ4n) is 4.33. The van der Waals surface area contributed by atoms with Crippen LogP contribution in [-0.2, 0) is 25.7 Å². The van der Waals surface area contributed by atoms with Crippen LogP contribution in [0.2, 0.25) is 0 Å². The van der Waals surface area contributed by atoms with E-state index in [4.69, 9.17) is 9.57 Å². The minimum Gasteiger partial charge on any atom is -0.465 e. The fraction of sp³-hybridized carbons (Fsp3) is 0.444. The molecule has 1 aliphatic rings. The third-order valence-electron chi connectivity index (χ3n) is 6.20. The Labute approximate surface area is 230 Å². The highest BCUT2D eigenvalue weighted by molar-refractivity contribution is 9.10. The van der Waals surface area contributed by atoms with Gasteiger partial charge in [-0.3, -0.25) is 19.7 Å². The van der Waals surface area contributed by atoms with Crippen molar-refractivity contribution in [1.82, 2.24) is 10.6 Å². The molecule has 0 saturated heterocycles. The number of nitro benzene ring substituents is 1. The van der Waals surface area contributed by atoms with E-state index in [0.29, 0.717) is 34.9 Å². The third-order valence-corrected chi connectivity index (χ3v) is 6.70. The van der Waals surface area contributed by atoms with Gasteiger partial charge in [-0.2, -0.15) is 0 Å². The zero-order chi connectivity index (χ0) is 27.3. The summed E-state index contributed by atoms with van der Waals surface area (Å²) in [5.41, 5.74) is 1.94. The molecule has 11 heteroatoms. The summed E-state index contributed by atoms with van der Waals surface area (Å²) < 4.78 is 5.71. The highest BCUT2D eigenvalue weighted by Gasteiger charge is 2.19. The van der Waals surface area contributed by atoms with Crippen molar-refractivity contribution in [2.24, 2.45) is 11.1 Å². The van der Waals surface area contributed by atoms with E-state index in [1.807, 2.05) is 24.3 Å². The molecule has 2 N–H and O–H groups in total. The van der Waals surface area contributed by atoms with Crippen LogP contribution in [0.5, 0.6) is 0 Å². The number of nitrogens with zero attached hydrogens (tertiary/aromatic N) is 2. The molecule has 204 valence electrons. The summed E-state index contributed by atoms with van der Waals surface area (Å²) in [6.07, 6.45) is 5.92. The second kappa shape index (κ2) is 15.2. The highest BCUT2D eigenvalue weighted by atomic mass is 79.9. The van der Waals surface area contributed by atoms with Crippen molar-refractivity contribution in [3.8, 4) is 0 Å². The number of halogens is 1. The molecule has 0 radical (unpaired) electrons. The smallest absolute Gasteiger partial charge is 0.319 e. The van der Waals surface area contributed by atoms with Gasteiger partial charge in [-0.05, 0) is 49.9 Å². The lowest BCUT2D eigenvalue weighted by Crippen LogP contribution is -2.32. The minimum absolute atomic E-state index is 0.0686. The van der Waals surface area contributed by atoms with E-state index < -0.39 is 10.9 Å². The first-order valence-electron chi connectivity index (χ1n) is 12.7. The highest BCUT2D eigenvalue weighted by Crippen LogP contribution is 2.24. The van der Waals surface area contributed by atoms with Crippen molar-refractivity contribution in [1.29, 1.82) is 0 Å². The number of hydrogen-bond acceptors (Lipinski definition) is 8. The fourth-order valence-corrected chi connectivity index (χ4v) is 4.73. The summed E-state index contributed by atoms with van der Waals surface area (Å²) in [6, 6.07) is 12.0. The Balaban J connectivity index is 1.77. The Morgan fingerprint density at radius 1 is 1.13 bits per heavy atom. The van der Waals surface area contributed by atoms with E-state index in [9.17, 15) is 19.7 Å². The Bertz CT molecular complexity index is 1150. The predicted octanol–water partition coefficient (Wildman–Crippen LogP) is 4.48. The largest absolute Gasteiger partial charge is 0.465 e. The summed E-state index contributed by atoms with van der Waals surface area (Å²) in [7, 11) is 0. The maximum Gasteiger partial charge on any atom is 0.319 e. The maximum absolute atomic E-state index is 12.4. The van der Waals surface area contributed by atoms with Crippen molar-refractivity contribution in [3.05, 3.63) is 73.7 Å². The molecular formula is C27H33BrN4O6. The zero-order valence-corrected chi connectivity index (χ0v) is 23.0. The second-order valence-electron chi connectivity index (χ2n) is 9.04. The minimum atomic E-state index is -0.478. The topological polar surface area (TPSA) is 132 Å². The van der Waals surface area contributed by atoms with Crippen molar-refractivity contribution in [2.45, 2.75) is 45.6 Å². The number of amides is 1. The molecule has 1 amide bonds. The number of esters is 1. The van der Waals surface area contributed by atoms with Crippen LogP contribution in [0.1, 0.15) is 55.7 Å². The molecule has 0 spiro atoms. The first-order chi connectivity index (χ1) is 18.4. The average molecular weight is 589 g/mol. The van der Waals surface area contributed by atoms with Crippen LogP contribution in [0.15, 0.2) is 52.1 Å². The first-order valence-corrected chi connectivity index (χ1v) is 13.5. The van der Waals surface area contributed by atoms with Crippen LogP contribution >= 0.6 is 15.9 Å². The lowest BCUT2D eigenvalue weighted by atomic mass is 9.89. The Kier molecular flexibility index (Phi) is 11.7. The van der Waals surface area contributed by atoms with Gasteiger partial charge in [0.15, 0.2) is 6.61 Å². The second-order valence-corrected chi connectivity index (χ2v) is 9.96. The average Bonchev–Trinajstić information content (AvgIpc) is 2.90. The van der Waals surface area contributed by atoms with Gasteiger partial charge in [-0.1, -0.05) is 52.5 Å². The Morgan fingerprint density at radius 3 is 2.61 bits per heavy atom. The number of oxime groups is 1. The molecule has 2 aromatic rings. The number of carbonyl (C=O) groups is 2. The van der Waals surface area contributed by atoms with Gasteiger partial charge in [-0.25, -0.2) is 0 Å². The lowest BCUT2D eigenvalue weighted by Gasteiger charge is -2.21. The molecule has 1 fully saturated rings. The molecule has 38 heavy (non-hydrogen) atoms. The van der Waals surface area contributed by atoms with Crippen LogP contribution in [0, 0.1) is 16.0 Å². The van der Waals surface area contributed by atoms with Gasteiger partial charge in [0.1, 0.15) is 5.71 Å². The molecular weight excluding hydrogens is 556 g/mol. The molecule has 10 nitrogen and oxygen atoms in total. The Hall–Kier alpha value is -3.31. The van der Waals surface area contributed by atoms with Crippen molar-refractivity contribution in [2.75, 3.05) is 26.3 Å². The molecule has 0 heterocycles. The van der Waals surface area contributed by atoms with E-state index >= 15 is 0 Å². The number of ether oxygens (including phenoxy) is 1. The monoisotopic (exact) mass is 588 g/mol. The molecule has 0 bridgehead atoms. The van der Waals surface area contributed by atoms with E-state index in [2.05, 4.69) is 31.7 Å². The normalized spacial score (nSPS) is 14.1. The van der Waals surface area contributed by atoms with Gasteiger partial charge < -0.3 is 20.2 Å². The number of nitro groups is 1. The summed E-state index contributed by atoms with van der Waals surface area (Å²) >= 11 is 3.46. The summed E-state index contributed by atoms with van der Waals surface area (Å²) in [5.74, 6) is -0.192. The van der Waals surface area contributed by atoms with E-state index in [1.165, 1.54) is 25.3 Å². The van der Waals surface area contributed by atoms with Gasteiger partial charge >= 0.3 is 5.97 Å². The number of nitrogens with one attached hydrogen (secondary N) is 2.